The summed E-state index contributed by atoms with van der Waals surface area (Å²) in [6.45, 7) is 2.67. The molecule has 0 aliphatic carbocycles. The van der Waals surface area contributed by atoms with Crippen LogP contribution in [0.3, 0.4) is 0 Å². The number of halogens is 3. The van der Waals surface area contributed by atoms with E-state index in [4.69, 9.17) is 0 Å². The van der Waals surface area contributed by atoms with Crippen LogP contribution in [0.5, 0.6) is 0 Å². The first-order valence-electron chi connectivity index (χ1n) is 10.7. The smallest absolute Gasteiger partial charge is 0.244 e. The summed E-state index contributed by atoms with van der Waals surface area (Å²) in [5, 5.41) is 2.70. The summed E-state index contributed by atoms with van der Waals surface area (Å²) >= 11 is 0. The van der Waals surface area contributed by atoms with Crippen LogP contribution in [0.4, 0.5) is 18.9 Å². The highest BCUT2D eigenvalue weighted by molar-refractivity contribution is 7.92. The van der Waals surface area contributed by atoms with E-state index in [1.807, 2.05) is 6.92 Å². The standard InChI is InChI=1S/C23H28F3N3O4S/c1-4-5-12-27-23(31)16(2)28(14-17-8-6-7-9-19(17)24)22(30)15-29(34(3,32)33)18-10-11-20(25)21(26)13-18/h6-11,13,16H,4-5,12,14-15H2,1-3H3,(H,27,31)/t16-/m1/s1. The van der Waals surface area contributed by atoms with Gasteiger partial charge in [0.15, 0.2) is 11.6 Å². The fraction of sp³-hybridized carbons (Fsp3) is 0.391. The van der Waals surface area contributed by atoms with Crippen molar-refractivity contribution >= 4 is 27.5 Å². The highest BCUT2D eigenvalue weighted by atomic mass is 32.2. The molecule has 0 saturated carbocycles. The maximum atomic E-state index is 14.3. The van der Waals surface area contributed by atoms with E-state index in [1.54, 1.807) is 6.07 Å². The predicted molar refractivity (Wildman–Crippen MR) is 123 cm³/mol. The minimum Gasteiger partial charge on any atom is -0.354 e. The highest BCUT2D eigenvalue weighted by Gasteiger charge is 2.30. The Morgan fingerprint density at radius 2 is 1.71 bits per heavy atom. The molecule has 1 atom stereocenters. The van der Waals surface area contributed by atoms with Gasteiger partial charge in [0.2, 0.25) is 21.8 Å². The van der Waals surface area contributed by atoms with Crippen molar-refractivity contribution in [3.05, 3.63) is 65.5 Å². The molecule has 7 nitrogen and oxygen atoms in total. The molecule has 1 N–H and O–H groups in total. The number of anilines is 1. The summed E-state index contributed by atoms with van der Waals surface area (Å²) in [6, 6.07) is 7.05. The number of carbonyl (C=O) groups excluding carboxylic acids is 2. The van der Waals surface area contributed by atoms with Gasteiger partial charge in [-0.2, -0.15) is 0 Å². The molecule has 11 heteroatoms. The van der Waals surface area contributed by atoms with E-state index in [2.05, 4.69) is 5.32 Å². The molecule has 0 bridgehead atoms. The van der Waals surface area contributed by atoms with Gasteiger partial charge in [-0.3, -0.25) is 13.9 Å². The van der Waals surface area contributed by atoms with Gasteiger partial charge in [-0.15, -0.1) is 0 Å². The maximum absolute atomic E-state index is 14.3. The molecule has 0 aromatic heterocycles. The van der Waals surface area contributed by atoms with Crippen LogP contribution in [0.1, 0.15) is 32.3 Å². The van der Waals surface area contributed by atoms with Gasteiger partial charge >= 0.3 is 0 Å². The molecular weight excluding hydrogens is 471 g/mol. The Kier molecular flexibility index (Phi) is 9.48. The molecule has 0 saturated heterocycles. The Morgan fingerprint density at radius 3 is 2.29 bits per heavy atom. The summed E-state index contributed by atoms with van der Waals surface area (Å²) in [7, 11) is -4.10. The lowest BCUT2D eigenvalue weighted by Gasteiger charge is -2.31. The molecule has 2 aromatic rings. The quantitative estimate of drug-likeness (QED) is 0.481. The number of amides is 2. The molecule has 186 valence electrons. The Hall–Kier alpha value is -3.08. The average Bonchev–Trinajstić information content (AvgIpc) is 2.77. The Balaban J connectivity index is 2.38. The molecule has 0 fully saturated rings. The Morgan fingerprint density at radius 1 is 1.03 bits per heavy atom. The first-order valence-corrected chi connectivity index (χ1v) is 12.5. The number of carbonyl (C=O) groups is 2. The third kappa shape index (κ3) is 7.21. The average molecular weight is 500 g/mol. The van der Waals surface area contributed by atoms with E-state index in [1.165, 1.54) is 25.1 Å². The number of nitrogens with one attached hydrogen (secondary N) is 1. The zero-order valence-corrected chi connectivity index (χ0v) is 20.0. The van der Waals surface area contributed by atoms with E-state index in [0.29, 0.717) is 16.9 Å². The molecule has 2 rings (SSSR count). The number of rotatable bonds is 11. The lowest BCUT2D eigenvalue weighted by atomic mass is 10.1. The SMILES string of the molecule is CCCCNC(=O)[C@@H](C)N(Cc1ccccc1F)C(=O)CN(c1ccc(F)c(F)c1)S(C)(=O)=O. The van der Waals surface area contributed by atoms with Gasteiger partial charge in [0.1, 0.15) is 18.4 Å². The number of sulfonamides is 1. The second-order valence-corrected chi connectivity index (χ2v) is 9.71. The lowest BCUT2D eigenvalue weighted by molar-refractivity contribution is -0.139. The first-order chi connectivity index (χ1) is 16.0. The van der Waals surface area contributed by atoms with Crippen molar-refractivity contribution in [2.24, 2.45) is 0 Å². The lowest BCUT2D eigenvalue weighted by Crippen LogP contribution is -2.51. The van der Waals surface area contributed by atoms with Crippen LogP contribution in [0.25, 0.3) is 0 Å². The van der Waals surface area contributed by atoms with Crippen molar-refractivity contribution in [2.75, 3.05) is 23.7 Å². The summed E-state index contributed by atoms with van der Waals surface area (Å²) in [4.78, 5) is 27.0. The zero-order valence-electron chi connectivity index (χ0n) is 19.2. The van der Waals surface area contributed by atoms with Gasteiger partial charge in [0.25, 0.3) is 0 Å². The minimum absolute atomic E-state index is 0.128. The van der Waals surface area contributed by atoms with Gasteiger partial charge in [-0.25, -0.2) is 21.6 Å². The van der Waals surface area contributed by atoms with Crippen LogP contribution in [-0.4, -0.2) is 50.5 Å². The second kappa shape index (κ2) is 11.9. The van der Waals surface area contributed by atoms with Crippen LogP contribution in [0, 0.1) is 17.5 Å². The van der Waals surface area contributed by atoms with Crippen molar-refractivity contribution in [3.63, 3.8) is 0 Å². The van der Waals surface area contributed by atoms with Gasteiger partial charge in [0.05, 0.1) is 11.9 Å². The first kappa shape index (κ1) is 27.2. The molecular formula is C23H28F3N3O4S. The third-order valence-corrected chi connectivity index (χ3v) is 6.31. The normalized spacial score (nSPS) is 12.2. The van der Waals surface area contributed by atoms with Crippen LogP contribution < -0.4 is 9.62 Å². The van der Waals surface area contributed by atoms with E-state index >= 15 is 0 Å². The molecule has 2 aromatic carbocycles. The maximum Gasteiger partial charge on any atom is 0.244 e. The topological polar surface area (TPSA) is 86.8 Å². The molecule has 0 heterocycles. The van der Waals surface area contributed by atoms with E-state index in [0.717, 1.165) is 36.1 Å². The molecule has 0 aliphatic heterocycles. The highest BCUT2D eigenvalue weighted by Crippen LogP contribution is 2.22. The van der Waals surface area contributed by atoms with Crippen molar-refractivity contribution in [3.8, 4) is 0 Å². The number of hydrogen-bond acceptors (Lipinski definition) is 4. The van der Waals surface area contributed by atoms with E-state index < -0.39 is 51.9 Å². The Labute approximate surface area is 197 Å². The fourth-order valence-electron chi connectivity index (χ4n) is 3.18. The van der Waals surface area contributed by atoms with Crippen LogP contribution in [0.15, 0.2) is 42.5 Å². The van der Waals surface area contributed by atoms with Crippen molar-refractivity contribution < 1.29 is 31.2 Å². The summed E-state index contributed by atoms with van der Waals surface area (Å²) in [5.41, 5.74) is -0.136. The van der Waals surface area contributed by atoms with Crippen molar-refractivity contribution in [2.45, 2.75) is 39.3 Å². The summed E-state index contributed by atoms with van der Waals surface area (Å²) in [5.74, 6) is -4.37. The van der Waals surface area contributed by atoms with Gasteiger partial charge in [-0.1, -0.05) is 31.5 Å². The molecule has 0 aliphatic rings. The van der Waals surface area contributed by atoms with E-state index in [-0.39, 0.29) is 17.8 Å². The summed E-state index contributed by atoms with van der Waals surface area (Å²) in [6.07, 6.45) is 2.37. The van der Waals surface area contributed by atoms with Crippen LogP contribution >= 0.6 is 0 Å². The zero-order chi connectivity index (χ0) is 25.5. The fourth-order valence-corrected chi connectivity index (χ4v) is 4.02. The largest absolute Gasteiger partial charge is 0.354 e. The van der Waals surface area contributed by atoms with E-state index in [9.17, 15) is 31.2 Å². The van der Waals surface area contributed by atoms with Gasteiger partial charge in [-0.05, 0) is 31.5 Å². The molecule has 0 unspecified atom stereocenters. The molecule has 2 amide bonds. The summed E-state index contributed by atoms with van der Waals surface area (Å²) < 4.78 is 66.8. The number of benzene rings is 2. The number of nitrogens with zero attached hydrogens (tertiary/aromatic N) is 2. The van der Waals surface area contributed by atoms with Crippen molar-refractivity contribution in [1.82, 2.24) is 10.2 Å². The minimum atomic E-state index is -4.10. The molecule has 0 radical (unpaired) electrons. The monoisotopic (exact) mass is 499 g/mol. The van der Waals surface area contributed by atoms with Crippen LogP contribution in [-0.2, 0) is 26.2 Å². The molecule has 0 spiro atoms. The number of hydrogen-bond donors (Lipinski definition) is 1. The number of unbranched alkanes of at least 4 members (excludes halogenated alkanes) is 1. The van der Waals surface area contributed by atoms with Gasteiger partial charge < -0.3 is 10.2 Å². The Bertz CT molecular complexity index is 1130. The molecule has 34 heavy (non-hydrogen) atoms. The van der Waals surface area contributed by atoms with Crippen molar-refractivity contribution in [1.29, 1.82) is 0 Å². The van der Waals surface area contributed by atoms with Crippen LogP contribution in [0.2, 0.25) is 0 Å². The van der Waals surface area contributed by atoms with Gasteiger partial charge in [0, 0.05) is 24.7 Å². The third-order valence-electron chi connectivity index (χ3n) is 5.17. The predicted octanol–water partition coefficient (Wildman–Crippen LogP) is 3.20. The second-order valence-electron chi connectivity index (χ2n) is 7.80.